The first-order valence-corrected chi connectivity index (χ1v) is 5.26. The van der Waals surface area contributed by atoms with Crippen molar-refractivity contribution in [2.75, 3.05) is 13.7 Å². The summed E-state index contributed by atoms with van der Waals surface area (Å²) in [6.07, 6.45) is 0.172. The summed E-state index contributed by atoms with van der Waals surface area (Å²) in [6.45, 7) is 2.05. The predicted molar refractivity (Wildman–Crippen MR) is 60.7 cm³/mol. The lowest BCUT2D eigenvalue weighted by molar-refractivity contribution is 0.154. The summed E-state index contributed by atoms with van der Waals surface area (Å²) < 4.78 is 10.6. The van der Waals surface area contributed by atoms with Gasteiger partial charge >= 0.3 is 0 Å². The monoisotopic (exact) mass is 226 g/mol. The molecule has 1 rings (SSSR count). The van der Waals surface area contributed by atoms with Crippen LogP contribution in [0.2, 0.25) is 0 Å². The van der Waals surface area contributed by atoms with Gasteiger partial charge in [-0.15, -0.1) is 0 Å². The summed E-state index contributed by atoms with van der Waals surface area (Å²) in [4.78, 5) is 0. The number of aliphatic hydroxyl groups is 2. The van der Waals surface area contributed by atoms with E-state index in [1.54, 1.807) is 32.2 Å². The normalized spacial score (nSPS) is 12.2. The summed E-state index contributed by atoms with van der Waals surface area (Å²) in [6, 6.07) is 5.26. The molecule has 90 valence electrons. The zero-order valence-corrected chi connectivity index (χ0v) is 9.64. The van der Waals surface area contributed by atoms with Crippen molar-refractivity contribution in [2.45, 2.75) is 26.1 Å². The van der Waals surface area contributed by atoms with Crippen molar-refractivity contribution in [2.24, 2.45) is 0 Å². The lowest BCUT2D eigenvalue weighted by Crippen LogP contribution is -2.08. The number of methoxy groups -OCH3 is 1. The van der Waals surface area contributed by atoms with E-state index in [2.05, 4.69) is 0 Å². The molecule has 4 heteroatoms. The summed E-state index contributed by atoms with van der Waals surface area (Å²) in [5.74, 6) is 1.28. The van der Waals surface area contributed by atoms with Gasteiger partial charge in [-0.3, -0.25) is 0 Å². The van der Waals surface area contributed by atoms with E-state index in [1.807, 2.05) is 0 Å². The first-order valence-electron chi connectivity index (χ1n) is 5.26. The topological polar surface area (TPSA) is 58.9 Å². The molecule has 1 aromatic rings. The number of hydrogen-bond acceptors (Lipinski definition) is 4. The van der Waals surface area contributed by atoms with Gasteiger partial charge in [-0.2, -0.15) is 0 Å². The lowest BCUT2D eigenvalue weighted by Gasteiger charge is -2.12. The van der Waals surface area contributed by atoms with Gasteiger partial charge in [-0.05, 0) is 19.1 Å². The quantitative estimate of drug-likeness (QED) is 0.768. The molecule has 0 aliphatic heterocycles. The van der Waals surface area contributed by atoms with Crippen molar-refractivity contribution in [3.63, 3.8) is 0 Å². The van der Waals surface area contributed by atoms with Crippen LogP contribution < -0.4 is 9.47 Å². The Kier molecular flexibility index (Phi) is 5.08. The number of aliphatic hydroxyl groups excluding tert-OH is 2. The molecule has 0 aromatic heterocycles. The molecule has 1 aromatic carbocycles. The van der Waals surface area contributed by atoms with Gasteiger partial charge < -0.3 is 19.7 Å². The van der Waals surface area contributed by atoms with Crippen LogP contribution in [0.3, 0.4) is 0 Å². The van der Waals surface area contributed by atoms with Crippen molar-refractivity contribution < 1.29 is 19.7 Å². The molecular formula is C12H18O4. The van der Waals surface area contributed by atoms with E-state index in [4.69, 9.17) is 19.7 Å². The Morgan fingerprint density at radius 3 is 2.69 bits per heavy atom. The molecule has 0 spiro atoms. The van der Waals surface area contributed by atoms with Crippen LogP contribution in [-0.4, -0.2) is 30.0 Å². The Hall–Kier alpha value is -1.26. The Labute approximate surface area is 95.4 Å². The van der Waals surface area contributed by atoms with Gasteiger partial charge in [0.25, 0.3) is 0 Å². The van der Waals surface area contributed by atoms with E-state index in [9.17, 15) is 0 Å². The molecule has 0 saturated carbocycles. The zero-order valence-electron chi connectivity index (χ0n) is 9.64. The van der Waals surface area contributed by atoms with Crippen molar-refractivity contribution in [1.29, 1.82) is 0 Å². The van der Waals surface area contributed by atoms with Gasteiger partial charge in [-0.1, -0.05) is 0 Å². The third-order valence-corrected chi connectivity index (χ3v) is 2.24. The highest BCUT2D eigenvalue weighted by Crippen LogP contribution is 2.25. The molecule has 0 aliphatic carbocycles. The highest BCUT2D eigenvalue weighted by Gasteiger charge is 2.05. The van der Waals surface area contributed by atoms with E-state index in [1.165, 1.54) is 0 Å². The van der Waals surface area contributed by atoms with E-state index in [-0.39, 0.29) is 12.7 Å². The fraction of sp³-hybridized carbons (Fsp3) is 0.500. The van der Waals surface area contributed by atoms with E-state index < -0.39 is 0 Å². The highest BCUT2D eigenvalue weighted by molar-refractivity contribution is 5.40. The summed E-state index contributed by atoms with van der Waals surface area (Å²) in [5.41, 5.74) is 0.714. The van der Waals surface area contributed by atoms with Crippen molar-refractivity contribution in [1.82, 2.24) is 0 Å². The molecular weight excluding hydrogens is 208 g/mol. The molecule has 2 N–H and O–H groups in total. The largest absolute Gasteiger partial charge is 0.497 e. The number of rotatable bonds is 6. The molecule has 0 radical (unpaired) electrons. The minimum Gasteiger partial charge on any atom is -0.497 e. The third kappa shape index (κ3) is 3.72. The van der Waals surface area contributed by atoms with E-state index >= 15 is 0 Å². The maximum Gasteiger partial charge on any atom is 0.128 e. The minimum absolute atomic E-state index is 0.0754. The highest BCUT2D eigenvalue weighted by atomic mass is 16.5. The van der Waals surface area contributed by atoms with Crippen LogP contribution in [0.15, 0.2) is 18.2 Å². The molecule has 0 amide bonds. The molecule has 0 saturated heterocycles. The van der Waals surface area contributed by atoms with Gasteiger partial charge in [0.1, 0.15) is 11.5 Å². The number of benzene rings is 1. The second kappa shape index (κ2) is 6.35. The molecule has 1 atom stereocenters. The van der Waals surface area contributed by atoms with Gasteiger partial charge in [0, 0.05) is 18.1 Å². The second-order valence-electron chi connectivity index (χ2n) is 3.62. The SMILES string of the molecule is COc1ccc(CO)c(OCCC(C)O)c1. The Morgan fingerprint density at radius 1 is 1.38 bits per heavy atom. The molecule has 0 bridgehead atoms. The average Bonchev–Trinajstić information content (AvgIpc) is 2.28. The Morgan fingerprint density at radius 2 is 2.12 bits per heavy atom. The van der Waals surface area contributed by atoms with Gasteiger partial charge in [0.2, 0.25) is 0 Å². The fourth-order valence-corrected chi connectivity index (χ4v) is 1.27. The molecule has 0 heterocycles. The second-order valence-corrected chi connectivity index (χ2v) is 3.62. The summed E-state index contributed by atoms with van der Waals surface area (Å²) in [7, 11) is 1.58. The van der Waals surface area contributed by atoms with Crippen molar-refractivity contribution >= 4 is 0 Å². The van der Waals surface area contributed by atoms with Crippen molar-refractivity contribution in [3.05, 3.63) is 23.8 Å². The number of hydrogen-bond donors (Lipinski definition) is 2. The predicted octanol–water partition coefficient (Wildman–Crippen LogP) is 1.34. The van der Waals surface area contributed by atoms with Crippen LogP contribution >= 0.6 is 0 Å². The molecule has 4 nitrogen and oxygen atoms in total. The van der Waals surface area contributed by atoms with Crippen LogP contribution in [-0.2, 0) is 6.61 Å². The molecule has 0 aliphatic rings. The van der Waals surface area contributed by atoms with Crippen molar-refractivity contribution in [3.8, 4) is 11.5 Å². The fourth-order valence-electron chi connectivity index (χ4n) is 1.27. The zero-order chi connectivity index (χ0) is 12.0. The lowest BCUT2D eigenvalue weighted by atomic mass is 10.2. The smallest absolute Gasteiger partial charge is 0.128 e. The van der Waals surface area contributed by atoms with Crippen LogP contribution in [0.25, 0.3) is 0 Å². The first kappa shape index (κ1) is 12.8. The molecule has 1 unspecified atom stereocenters. The average molecular weight is 226 g/mol. The molecule has 16 heavy (non-hydrogen) atoms. The Balaban J connectivity index is 2.67. The third-order valence-electron chi connectivity index (χ3n) is 2.24. The maximum atomic E-state index is 9.12. The number of ether oxygens (including phenoxy) is 2. The standard InChI is InChI=1S/C12H18O4/c1-9(14)5-6-16-12-7-11(15-2)4-3-10(12)8-13/h3-4,7,9,13-14H,5-6,8H2,1-2H3. The van der Waals surface area contributed by atoms with Crippen LogP contribution in [0.5, 0.6) is 11.5 Å². The van der Waals surface area contributed by atoms with E-state index in [0.717, 1.165) is 0 Å². The maximum absolute atomic E-state index is 9.12. The first-order chi connectivity index (χ1) is 7.67. The molecule has 0 fully saturated rings. The Bertz CT molecular complexity index is 323. The van der Waals surface area contributed by atoms with Gasteiger partial charge in [0.05, 0.1) is 26.4 Å². The van der Waals surface area contributed by atoms with Crippen LogP contribution in [0.1, 0.15) is 18.9 Å². The van der Waals surface area contributed by atoms with Gasteiger partial charge in [0.15, 0.2) is 0 Å². The van der Waals surface area contributed by atoms with Crippen LogP contribution in [0.4, 0.5) is 0 Å². The minimum atomic E-state index is -0.386. The summed E-state index contributed by atoms with van der Waals surface area (Å²) in [5, 5.41) is 18.2. The van der Waals surface area contributed by atoms with E-state index in [0.29, 0.717) is 30.1 Å². The van der Waals surface area contributed by atoms with Gasteiger partial charge in [-0.25, -0.2) is 0 Å². The van der Waals surface area contributed by atoms with Crippen LogP contribution in [0, 0.1) is 0 Å². The summed E-state index contributed by atoms with van der Waals surface area (Å²) >= 11 is 0.